The monoisotopic (exact) mass is 157 g/mol. The quantitative estimate of drug-likeness (QED) is 0.631. The van der Waals surface area contributed by atoms with Crippen LogP contribution in [0.4, 0.5) is 4.79 Å². The lowest BCUT2D eigenvalue weighted by molar-refractivity contribution is -0.121. The van der Waals surface area contributed by atoms with Crippen molar-refractivity contribution in [2.75, 3.05) is 0 Å². The van der Waals surface area contributed by atoms with Gasteiger partial charge in [-0.05, 0) is 19.8 Å². The Morgan fingerprint density at radius 2 is 2.09 bits per heavy atom. The van der Waals surface area contributed by atoms with Crippen LogP contribution in [-0.2, 0) is 4.79 Å². The summed E-state index contributed by atoms with van der Waals surface area (Å²) in [5.74, 6) is 0.143. The van der Waals surface area contributed by atoms with E-state index in [0.717, 1.165) is 12.8 Å². The molecule has 0 aromatic carbocycles. The second-order valence-corrected chi connectivity index (χ2v) is 2.85. The lowest BCUT2D eigenvalue weighted by atomic mass is 10.1. The number of Topliss-reactive ketones (excluding diaryl/α,β-unsaturated/α-hetero) is 1. The Morgan fingerprint density at radius 1 is 1.55 bits per heavy atom. The van der Waals surface area contributed by atoms with Gasteiger partial charge >= 0.3 is 6.09 Å². The second kappa shape index (κ2) is 2.90. The minimum absolute atomic E-state index is 0.0207. The average Bonchev–Trinajstić information content (AvgIpc) is 2.65. The number of carbonyl (C=O) groups excluding carboxylic acids is 1. The van der Waals surface area contributed by atoms with Crippen molar-refractivity contribution in [2.45, 2.75) is 25.8 Å². The molecule has 4 nitrogen and oxygen atoms in total. The van der Waals surface area contributed by atoms with Crippen molar-refractivity contribution in [1.82, 2.24) is 5.32 Å². The van der Waals surface area contributed by atoms with E-state index < -0.39 is 12.1 Å². The van der Waals surface area contributed by atoms with Crippen LogP contribution in [-0.4, -0.2) is 23.0 Å². The molecule has 2 N–H and O–H groups in total. The molecule has 1 amide bonds. The first-order chi connectivity index (χ1) is 5.11. The Balaban J connectivity index is 2.33. The van der Waals surface area contributed by atoms with Gasteiger partial charge in [-0.2, -0.15) is 0 Å². The molecule has 1 unspecified atom stereocenters. The van der Waals surface area contributed by atoms with Gasteiger partial charge in [0, 0.05) is 5.92 Å². The maximum absolute atomic E-state index is 11.1. The molecule has 1 aliphatic rings. The summed E-state index contributed by atoms with van der Waals surface area (Å²) in [6.07, 6.45) is 0.709. The van der Waals surface area contributed by atoms with Gasteiger partial charge in [0.1, 0.15) is 0 Å². The number of nitrogens with one attached hydrogen (secondary N) is 1. The third-order valence-electron chi connectivity index (χ3n) is 1.75. The first-order valence-corrected chi connectivity index (χ1v) is 3.64. The summed E-state index contributed by atoms with van der Waals surface area (Å²) < 4.78 is 0. The van der Waals surface area contributed by atoms with E-state index in [1.54, 1.807) is 6.92 Å². The smallest absolute Gasteiger partial charge is 0.405 e. The van der Waals surface area contributed by atoms with Gasteiger partial charge in [-0.25, -0.2) is 4.79 Å². The van der Waals surface area contributed by atoms with Crippen molar-refractivity contribution in [3.63, 3.8) is 0 Å². The summed E-state index contributed by atoms with van der Waals surface area (Å²) in [7, 11) is 0. The molecular weight excluding hydrogens is 146 g/mol. The van der Waals surface area contributed by atoms with Crippen LogP contribution in [0.15, 0.2) is 0 Å². The average molecular weight is 157 g/mol. The highest BCUT2D eigenvalue weighted by Gasteiger charge is 2.33. The van der Waals surface area contributed by atoms with E-state index in [1.165, 1.54) is 0 Å². The van der Waals surface area contributed by atoms with E-state index in [9.17, 15) is 9.59 Å². The molecule has 0 bridgehead atoms. The van der Waals surface area contributed by atoms with E-state index in [1.807, 2.05) is 0 Å². The standard InChI is InChI=1S/C7H11NO3/c1-4(8-7(10)11)6(9)5-2-3-5/h4-5,8H,2-3H2,1H3,(H,10,11). The first-order valence-electron chi connectivity index (χ1n) is 3.64. The number of carbonyl (C=O) groups is 2. The summed E-state index contributed by atoms with van der Waals surface area (Å²) in [6, 6.07) is -0.542. The summed E-state index contributed by atoms with van der Waals surface area (Å²) in [5.41, 5.74) is 0. The van der Waals surface area contributed by atoms with Gasteiger partial charge in [-0.15, -0.1) is 0 Å². The van der Waals surface area contributed by atoms with Gasteiger partial charge in [-0.3, -0.25) is 4.79 Å². The molecule has 1 atom stereocenters. The molecule has 0 heterocycles. The largest absolute Gasteiger partial charge is 0.465 e. The van der Waals surface area contributed by atoms with Gasteiger partial charge in [0.15, 0.2) is 5.78 Å². The molecule has 4 heteroatoms. The zero-order valence-electron chi connectivity index (χ0n) is 6.33. The van der Waals surface area contributed by atoms with Crippen LogP contribution in [0.2, 0.25) is 0 Å². The van der Waals surface area contributed by atoms with E-state index in [4.69, 9.17) is 5.11 Å². The van der Waals surface area contributed by atoms with Crippen molar-refractivity contribution in [1.29, 1.82) is 0 Å². The van der Waals surface area contributed by atoms with Crippen molar-refractivity contribution >= 4 is 11.9 Å². The maximum atomic E-state index is 11.1. The van der Waals surface area contributed by atoms with Crippen LogP contribution < -0.4 is 5.32 Å². The van der Waals surface area contributed by atoms with E-state index in [0.29, 0.717) is 0 Å². The van der Waals surface area contributed by atoms with Gasteiger partial charge < -0.3 is 10.4 Å². The van der Waals surface area contributed by atoms with Crippen LogP contribution >= 0.6 is 0 Å². The number of hydrogen-bond donors (Lipinski definition) is 2. The molecule has 62 valence electrons. The molecule has 0 spiro atoms. The lowest BCUT2D eigenvalue weighted by Gasteiger charge is -2.08. The number of rotatable bonds is 3. The maximum Gasteiger partial charge on any atom is 0.405 e. The predicted octanol–water partition coefficient (Wildman–Crippen LogP) is 0.622. The molecule has 1 saturated carbocycles. The third kappa shape index (κ3) is 2.22. The second-order valence-electron chi connectivity index (χ2n) is 2.85. The summed E-state index contributed by atoms with van der Waals surface area (Å²) in [5, 5.41) is 10.4. The lowest BCUT2D eigenvalue weighted by Crippen LogP contribution is -2.38. The van der Waals surface area contributed by atoms with Crippen molar-refractivity contribution < 1.29 is 14.7 Å². The molecule has 0 radical (unpaired) electrons. The van der Waals surface area contributed by atoms with Gasteiger partial charge in [0.25, 0.3) is 0 Å². The zero-order valence-corrected chi connectivity index (χ0v) is 6.33. The highest BCUT2D eigenvalue weighted by atomic mass is 16.4. The van der Waals surface area contributed by atoms with Gasteiger partial charge in [0.05, 0.1) is 6.04 Å². The SMILES string of the molecule is CC(NC(=O)O)C(=O)C1CC1. The minimum atomic E-state index is -1.13. The number of carboxylic acid groups (broad SMARTS) is 1. The molecule has 0 aromatic heterocycles. The van der Waals surface area contributed by atoms with Gasteiger partial charge in [-0.1, -0.05) is 0 Å². The van der Waals surface area contributed by atoms with Crippen LogP contribution in [0.1, 0.15) is 19.8 Å². The summed E-state index contributed by atoms with van der Waals surface area (Å²) in [4.78, 5) is 21.2. The van der Waals surface area contributed by atoms with E-state index >= 15 is 0 Å². The van der Waals surface area contributed by atoms with E-state index in [-0.39, 0.29) is 11.7 Å². The Morgan fingerprint density at radius 3 is 2.45 bits per heavy atom. The molecule has 1 rings (SSSR count). The fourth-order valence-corrected chi connectivity index (χ4v) is 0.978. The highest BCUT2D eigenvalue weighted by molar-refractivity contribution is 5.90. The van der Waals surface area contributed by atoms with Crippen LogP contribution in [0.25, 0.3) is 0 Å². The Labute approximate surface area is 64.6 Å². The van der Waals surface area contributed by atoms with Crippen LogP contribution in [0.5, 0.6) is 0 Å². The Hall–Kier alpha value is -1.06. The normalized spacial score (nSPS) is 19.0. The van der Waals surface area contributed by atoms with E-state index in [2.05, 4.69) is 5.32 Å². The van der Waals surface area contributed by atoms with Crippen LogP contribution in [0.3, 0.4) is 0 Å². The Kier molecular flexibility index (Phi) is 2.12. The van der Waals surface area contributed by atoms with Crippen molar-refractivity contribution in [2.24, 2.45) is 5.92 Å². The fraction of sp³-hybridized carbons (Fsp3) is 0.714. The topological polar surface area (TPSA) is 66.4 Å². The van der Waals surface area contributed by atoms with Crippen molar-refractivity contribution in [3.8, 4) is 0 Å². The van der Waals surface area contributed by atoms with Crippen LogP contribution in [0, 0.1) is 5.92 Å². The Bertz CT molecular complexity index is 186. The molecule has 11 heavy (non-hydrogen) atoms. The summed E-state index contributed by atoms with van der Waals surface area (Å²) >= 11 is 0. The first kappa shape index (κ1) is 8.04. The number of amides is 1. The fourth-order valence-electron chi connectivity index (χ4n) is 0.978. The number of ketones is 1. The molecule has 0 aliphatic heterocycles. The third-order valence-corrected chi connectivity index (χ3v) is 1.75. The van der Waals surface area contributed by atoms with Crippen molar-refractivity contribution in [3.05, 3.63) is 0 Å². The van der Waals surface area contributed by atoms with Gasteiger partial charge in [0.2, 0.25) is 0 Å². The zero-order chi connectivity index (χ0) is 8.43. The number of hydrogen-bond acceptors (Lipinski definition) is 2. The molecule has 1 fully saturated rings. The molecular formula is C7H11NO3. The molecule has 0 saturated heterocycles. The molecule has 0 aromatic rings. The highest BCUT2D eigenvalue weighted by Crippen LogP contribution is 2.30. The summed E-state index contributed by atoms with van der Waals surface area (Å²) in [6.45, 7) is 1.58. The minimum Gasteiger partial charge on any atom is -0.465 e. The molecule has 1 aliphatic carbocycles. The predicted molar refractivity (Wildman–Crippen MR) is 38.4 cm³/mol.